The van der Waals surface area contributed by atoms with Crippen LogP contribution >= 0.6 is 0 Å². The van der Waals surface area contributed by atoms with E-state index in [1.54, 1.807) is 24.4 Å². The summed E-state index contributed by atoms with van der Waals surface area (Å²) in [5.74, 6) is 0.499. The van der Waals surface area contributed by atoms with E-state index in [4.69, 9.17) is 9.15 Å². The monoisotopic (exact) mass is 541 g/mol. The highest BCUT2D eigenvalue weighted by Crippen LogP contribution is 2.38. The van der Waals surface area contributed by atoms with Crippen LogP contribution in [-0.4, -0.2) is 34.8 Å². The van der Waals surface area contributed by atoms with Crippen LogP contribution in [0, 0.1) is 11.7 Å². The first-order valence-electron chi connectivity index (χ1n) is 13.5. The Morgan fingerprint density at radius 2 is 1.98 bits per heavy atom. The van der Waals surface area contributed by atoms with Gasteiger partial charge in [0.05, 0.1) is 6.04 Å². The van der Waals surface area contributed by atoms with Crippen LogP contribution in [0.4, 0.5) is 4.39 Å². The lowest BCUT2D eigenvalue weighted by Crippen LogP contribution is -2.42. The standard InChI is InChI=1S/C32H32FN3O4/c1-21(2)32(38)36-17-14-22-9-10-26(19-28(22)30(36)23-6-5-7-24(33)18-23)39-20-27-11-12-29(40-27)31(37)35-16-13-25-8-3-4-15-34-25/h3-12,15,18-19,21,30H,13-14,16-17,20H2,1-2H3,(H,35,37). The Morgan fingerprint density at radius 3 is 2.75 bits per heavy atom. The van der Waals surface area contributed by atoms with Crippen LogP contribution in [0.25, 0.3) is 0 Å². The maximum Gasteiger partial charge on any atom is 0.287 e. The van der Waals surface area contributed by atoms with Gasteiger partial charge >= 0.3 is 0 Å². The molecule has 7 nitrogen and oxygen atoms in total. The number of fused-ring (bicyclic) bond motifs is 1. The Balaban J connectivity index is 1.28. The number of hydrogen-bond donors (Lipinski definition) is 1. The molecular formula is C32H32FN3O4. The SMILES string of the molecule is CC(C)C(=O)N1CCc2ccc(OCc3ccc(C(=O)NCCc4ccccn4)o3)cc2C1c1cccc(F)c1. The van der Waals surface area contributed by atoms with Crippen molar-refractivity contribution >= 4 is 11.8 Å². The molecule has 1 N–H and O–H groups in total. The molecule has 1 atom stereocenters. The van der Waals surface area contributed by atoms with E-state index < -0.39 is 6.04 Å². The van der Waals surface area contributed by atoms with Crippen molar-refractivity contribution in [2.24, 2.45) is 5.92 Å². The lowest BCUT2D eigenvalue weighted by molar-refractivity contribution is -0.136. The van der Waals surface area contributed by atoms with Crippen LogP contribution in [-0.2, 0) is 24.2 Å². The van der Waals surface area contributed by atoms with Gasteiger partial charge in [-0.25, -0.2) is 4.39 Å². The first-order chi connectivity index (χ1) is 19.4. The zero-order chi connectivity index (χ0) is 28.1. The molecule has 0 saturated heterocycles. The molecule has 1 aliphatic rings. The van der Waals surface area contributed by atoms with Gasteiger partial charge in [0.15, 0.2) is 5.76 Å². The highest BCUT2D eigenvalue weighted by molar-refractivity contribution is 5.91. The predicted molar refractivity (Wildman–Crippen MR) is 148 cm³/mol. The van der Waals surface area contributed by atoms with Crippen molar-refractivity contribution in [3.05, 3.63) is 119 Å². The van der Waals surface area contributed by atoms with E-state index in [1.165, 1.54) is 12.1 Å². The molecule has 2 aromatic carbocycles. The average Bonchev–Trinajstić information content (AvgIpc) is 3.45. The summed E-state index contributed by atoms with van der Waals surface area (Å²) in [6.07, 6.45) is 3.05. The molecule has 1 aliphatic heterocycles. The molecule has 1 unspecified atom stereocenters. The first-order valence-corrected chi connectivity index (χ1v) is 13.5. The van der Waals surface area contributed by atoms with Crippen molar-refractivity contribution in [2.45, 2.75) is 39.3 Å². The third kappa shape index (κ3) is 6.22. The molecule has 0 fully saturated rings. The molecular weight excluding hydrogens is 509 g/mol. The van der Waals surface area contributed by atoms with Crippen molar-refractivity contribution in [1.29, 1.82) is 0 Å². The summed E-state index contributed by atoms with van der Waals surface area (Å²) < 4.78 is 26.0. The molecule has 4 aromatic rings. The number of hydrogen-bond acceptors (Lipinski definition) is 5. The summed E-state index contributed by atoms with van der Waals surface area (Å²) >= 11 is 0. The summed E-state index contributed by atoms with van der Waals surface area (Å²) in [6.45, 7) is 4.88. The van der Waals surface area contributed by atoms with Gasteiger partial charge in [0.25, 0.3) is 5.91 Å². The van der Waals surface area contributed by atoms with Gasteiger partial charge < -0.3 is 19.4 Å². The quantitative estimate of drug-likeness (QED) is 0.303. The third-order valence-electron chi connectivity index (χ3n) is 6.95. The van der Waals surface area contributed by atoms with E-state index in [2.05, 4.69) is 10.3 Å². The average molecular weight is 542 g/mol. The van der Waals surface area contributed by atoms with Crippen LogP contribution in [0.3, 0.4) is 0 Å². The van der Waals surface area contributed by atoms with E-state index in [9.17, 15) is 14.0 Å². The van der Waals surface area contributed by atoms with E-state index in [0.29, 0.717) is 37.4 Å². The second kappa shape index (κ2) is 12.2. The number of amides is 2. The normalized spacial score (nSPS) is 14.6. The molecule has 0 spiro atoms. The Morgan fingerprint density at radius 1 is 1.10 bits per heavy atom. The van der Waals surface area contributed by atoms with Crippen molar-refractivity contribution in [3.63, 3.8) is 0 Å². The molecule has 0 saturated carbocycles. The molecule has 0 bridgehead atoms. The number of nitrogens with one attached hydrogen (secondary N) is 1. The van der Waals surface area contributed by atoms with Gasteiger partial charge in [0.2, 0.25) is 5.91 Å². The zero-order valence-electron chi connectivity index (χ0n) is 22.6. The lowest BCUT2D eigenvalue weighted by atomic mass is 9.87. The highest BCUT2D eigenvalue weighted by Gasteiger charge is 2.33. The number of pyridine rings is 1. The summed E-state index contributed by atoms with van der Waals surface area (Å²) in [5, 5.41) is 2.84. The number of aromatic nitrogens is 1. The third-order valence-corrected chi connectivity index (χ3v) is 6.95. The molecule has 2 aromatic heterocycles. The van der Waals surface area contributed by atoms with Crippen molar-refractivity contribution in [3.8, 4) is 5.75 Å². The number of carbonyl (C=O) groups is 2. The summed E-state index contributed by atoms with van der Waals surface area (Å²) in [4.78, 5) is 31.7. The Bertz CT molecular complexity index is 1480. The van der Waals surface area contributed by atoms with Gasteiger partial charge in [-0.15, -0.1) is 0 Å². The lowest BCUT2D eigenvalue weighted by Gasteiger charge is -2.39. The van der Waals surface area contributed by atoms with E-state index in [-0.39, 0.29) is 35.9 Å². The minimum absolute atomic E-state index is 0.0210. The smallest absolute Gasteiger partial charge is 0.287 e. The number of rotatable bonds is 9. The number of ether oxygens (including phenoxy) is 1. The minimum atomic E-state index is -0.414. The number of carbonyl (C=O) groups excluding carboxylic acids is 2. The maximum absolute atomic E-state index is 14.2. The van der Waals surface area contributed by atoms with Gasteiger partial charge in [0, 0.05) is 37.3 Å². The first kappa shape index (κ1) is 27.1. The summed E-state index contributed by atoms with van der Waals surface area (Å²) in [6, 6.07) is 20.8. The molecule has 3 heterocycles. The molecule has 8 heteroatoms. The largest absolute Gasteiger partial charge is 0.486 e. The fourth-order valence-electron chi connectivity index (χ4n) is 4.96. The second-order valence-corrected chi connectivity index (χ2v) is 10.1. The second-order valence-electron chi connectivity index (χ2n) is 10.1. The number of nitrogens with zero attached hydrogens (tertiary/aromatic N) is 2. The zero-order valence-corrected chi connectivity index (χ0v) is 22.6. The molecule has 0 aliphatic carbocycles. The Hall–Kier alpha value is -4.46. The Labute approximate surface area is 233 Å². The van der Waals surface area contributed by atoms with E-state index in [1.807, 2.05) is 61.2 Å². The molecule has 206 valence electrons. The number of halogens is 1. The molecule has 5 rings (SSSR count). The molecule has 40 heavy (non-hydrogen) atoms. The van der Waals surface area contributed by atoms with Crippen LogP contribution in [0.1, 0.15) is 58.6 Å². The number of furan rings is 1. The number of benzene rings is 2. The van der Waals surface area contributed by atoms with Crippen LogP contribution in [0.15, 0.2) is 83.4 Å². The van der Waals surface area contributed by atoms with Gasteiger partial charge in [-0.3, -0.25) is 14.6 Å². The highest BCUT2D eigenvalue weighted by atomic mass is 19.1. The fourth-order valence-corrected chi connectivity index (χ4v) is 4.96. The van der Waals surface area contributed by atoms with E-state index in [0.717, 1.165) is 22.4 Å². The van der Waals surface area contributed by atoms with Crippen LogP contribution in [0.5, 0.6) is 5.75 Å². The van der Waals surface area contributed by atoms with Gasteiger partial charge in [-0.1, -0.05) is 38.1 Å². The maximum atomic E-state index is 14.2. The van der Waals surface area contributed by atoms with Gasteiger partial charge in [0.1, 0.15) is 23.9 Å². The van der Waals surface area contributed by atoms with Crippen molar-refractivity contribution in [1.82, 2.24) is 15.2 Å². The van der Waals surface area contributed by atoms with Crippen LogP contribution < -0.4 is 10.1 Å². The summed E-state index contributed by atoms with van der Waals surface area (Å²) in [7, 11) is 0. The van der Waals surface area contributed by atoms with Gasteiger partial charge in [-0.2, -0.15) is 0 Å². The van der Waals surface area contributed by atoms with Crippen LogP contribution in [0.2, 0.25) is 0 Å². The molecule has 0 radical (unpaired) electrons. The minimum Gasteiger partial charge on any atom is -0.486 e. The predicted octanol–water partition coefficient (Wildman–Crippen LogP) is 5.50. The van der Waals surface area contributed by atoms with Crippen molar-refractivity contribution in [2.75, 3.05) is 13.1 Å². The Kier molecular flexibility index (Phi) is 8.24. The van der Waals surface area contributed by atoms with Crippen molar-refractivity contribution < 1.29 is 23.1 Å². The molecule has 2 amide bonds. The summed E-state index contributed by atoms with van der Waals surface area (Å²) in [5.41, 5.74) is 3.63. The van der Waals surface area contributed by atoms with Gasteiger partial charge in [-0.05, 0) is 71.6 Å². The van der Waals surface area contributed by atoms with E-state index >= 15 is 0 Å². The fraction of sp³-hybridized carbons (Fsp3) is 0.281. The topological polar surface area (TPSA) is 84.7 Å².